The Morgan fingerprint density at radius 1 is 0.909 bits per heavy atom. The van der Waals surface area contributed by atoms with Gasteiger partial charge in [-0.15, -0.1) is 0 Å². The van der Waals surface area contributed by atoms with E-state index in [1.807, 2.05) is 0 Å². The SMILES string of the molecule is O=C(O)CN(CC(=O)O)CC(=O)Nc1ccccc1C(=O)O. The van der Waals surface area contributed by atoms with Crippen molar-refractivity contribution >= 4 is 29.5 Å². The highest BCUT2D eigenvalue weighted by atomic mass is 16.4. The van der Waals surface area contributed by atoms with Gasteiger partial charge in [0.25, 0.3) is 0 Å². The zero-order chi connectivity index (χ0) is 16.7. The molecule has 0 aromatic heterocycles. The average molecular weight is 310 g/mol. The molecule has 9 nitrogen and oxygen atoms in total. The molecule has 9 heteroatoms. The van der Waals surface area contributed by atoms with Crippen molar-refractivity contribution in [2.45, 2.75) is 0 Å². The van der Waals surface area contributed by atoms with E-state index in [4.69, 9.17) is 15.3 Å². The fraction of sp³-hybridized carbons (Fsp3) is 0.231. The lowest BCUT2D eigenvalue weighted by atomic mass is 10.2. The second-order valence-corrected chi connectivity index (χ2v) is 4.33. The zero-order valence-electron chi connectivity index (χ0n) is 11.4. The molecule has 0 aliphatic heterocycles. The third-order valence-electron chi connectivity index (χ3n) is 2.52. The Morgan fingerprint density at radius 2 is 1.45 bits per heavy atom. The molecule has 0 atom stereocenters. The number of anilines is 1. The molecule has 0 saturated heterocycles. The number of aliphatic carboxylic acids is 2. The topological polar surface area (TPSA) is 144 Å². The summed E-state index contributed by atoms with van der Waals surface area (Å²) >= 11 is 0. The van der Waals surface area contributed by atoms with E-state index in [1.54, 1.807) is 0 Å². The number of nitrogens with one attached hydrogen (secondary N) is 1. The van der Waals surface area contributed by atoms with Crippen molar-refractivity contribution in [3.05, 3.63) is 29.8 Å². The predicted octanol–water partition coefficient (Wildman–Crippen LogP) is -0.205. The Hall–Kier alpha value is -2.94. The van der Waals surface area contributed by atoms with Gasteiger partial charge in [0.2, 0.25) is 5.91 Å². The summed E-state index contributed by atoms with van der Waals surface area (Å²) in [6.07, 6.45) is 0. The smallest absolute Gasteiger partial charge is 0.337 e. The van der Waals surface area contributed by atoms with Gasteiger partial charge in [-0.25, -0.2) is 4.79 Å². The van der Waals surface area contributed by atoms with Crippen molar-refractivity contribution in [2.75, 3.05) is 25.0 Å². The van der Waals surface area contributed by atoms with E-state index in [1.165, 1.54) is 24.3 Å². The third-order valence-corrected chi connectivity index (χ3v) is 2.52. The van der Waals surface area contributed by atoms with Crippen LogP contribution < -0.4 is 5.32 Å². The van der Waals surface area contributed by atoms with E-state index in [0.717, 1.165) is 4.90 Å². The molecule has 0 saturated carbocycles. The lowest BCUT2D eigenvalue weighted by Gasteiger charge is -2.17. The molecular weight excluding hydrogens is 296 g/mol. The number of hydrogen-bond donors (Lipinski definition) is 4. The van der Waals surface area contributed by atoms with Crippen LogP contribution >= 0.6 is 0 Å². The van der Waals surface area contributed by atoms with Crippen LogP contribution in [-0.4, -0.2) is 63.7 Å². The summed E-state index contributed by atoms with van der Waals surface area (Å²) in [6, 6.07) is 5.68. The van der Waals surface area contributed by atoms with Crippen LogP contribution in [0.3, 0.4) is 0 Å². The standard InChI is InChI=1S/C13H14N2O7/c16-10(5-15(6-11(17)18)7-12(19)20)14-9-4-2-1-3-8(9)13(21)22/h1-4H,5-7H2,(H,14,16)(H,17,18)(H,19,20)(H,21,22). The van der Waals surface area contributed by atoms with Gasteiger partial charge in [0.05, 0.1) is 30.9 Å². The average Bonchev–Trinajstić information content (AvgIpc) is 2.36. The van der Waals surface area contributed by atoms with Crippen molar-refractivity contribution in [1.29, 1.82) is 0 Å². The third kappa shape index (κ3) is 5.59. The zero-order valence-corrected chi connectivity index (χ0v) is 11.4. The summed E-state index contributed by atoms with van der Waals surface area (Å²) in [5, 5.41) is 28.6. The van der Waals surface area contributed by atoms with Crippen LogP contribution in [0.15, 0.2) is 24.3 Å². The molecule has 0 aliphatic carbocycles. The Balaban J connectivity index is 2.77. The van der Waals surface area contributed by atoms with Gasteiger partial charge in [-0.2, -0.15) is 0 Å². The number of carbonyl (C=O) groups excluding carboxylic acids is 1. The molecule has 22 heavy (non-hydrogen) atoms. The maximum Gasteiger partial charge on any atom is 0.337 e. The maximum atomic E-state index is 11.8. The summed E-state index contributed by atoms with van der Waals surface area (Å²) in [7, 11) is 0. The molecule has 0 heterocycles. The molecule has 0 aliphatic rings. The maximum absolute atomic E-state index is 11.8. The minimum Gasteiger partial charge on any atom is -0.480 e. The van der Waals surface area contributed by atoms with Gasteiger partial charge in [-0.1, -0.05) is 12.1 Å². The second-order valence-electron chi connectivity index (χ2n) is 4.33. The van der Waals surface area contributed by atoms with Gasteiger partial charge in [-0.3, -0.25) is 19.3 Å². The Morgan fingerprint density at radius 3 is 1.95 bits per heavy atom. The van der Waals surface area contributed by atoms with Crippen LogP contribution in [0, 0.1) is 0 Å². The van der Waals surface area contributed by atoms with E-state index >= 15 is 0 Å². The van der Waals surface area contributed by atoms with Crippen LogP contribution in [0.5, 0.6) is 0 Å². The Kier molecular flexibility index (Phi) is 6.02. The minimum absolute atomic E-state index is 0.0469. The molecule has 4 N–H and O–H groups in total. The Bertz CT molecular complexity index is 584. The van der Waals surface area contributed by atoms with Crippen LogP contribution in [0.2, 0.25) is 0 Å². The number of benzene rings is 1. The molecule has 1 aromatic carbocycles. The van der Waals surface area contributed by atoms with Crippen LogP contribution in [-0.2, 0) is 14.4 Å². The predicted molar refractivity (Wildman–Crippen MR) is 73.7 cm³/mol. The molecule has 1 rings (SSSR count). The molecular formula is C13H14N2O7. The van der Waals surface area contributed by atoms with E-state index in [2.05, 4.69) is 5.32 Å². The quantitative estimate of drug-likeness (QED) is 0.516. The number of para-hydroxylation sites is 1. The molecule has 0 spiro atoms. The van der Waals surface area contributed by atoms with Gasteiger partial charge < -0.3 is 20.6 Å². The monoisotopic (exact) mass is 310 g/mol. The highest BCUT2D eigenvalue weighted by Gasteiger charge is 2.18. The Labute approximate surface area is 124 Å². The normalized spacial score (nSPS) is 10.2. The first-order chi connectivity index (χ1) is 10.3. The van der Waals surface area contributed by atoms with E-state index in [-0.39, 0.29) is 11.3 Å². The first-order valence-corrected chi connectivity index (χ1v) is 6.07. The molecule has 0 fully saturated rings. The number of carboxylic acids is 3. The number of hydrogen-bond acceptors (Lipinski definition) is 5. The second kappa shape index (κ2) is 7.74. The van der Waals surface area contributed by atoms with E-state index in [0.29, 0.717) is 0 Å². The number of nitrogens with zero attached hydrogens (tertiary/aromatic N) is 1. The highest BCUT2D eigenvalue weighted by Crippen LogP contribution is 2.14. The van der Waals surface area contributed by atoms with Gasteiger partial charge >= 0.3 is 17.9 Å². The molecule has 0 bridgehead atoms. The molecule has 0 unspecified atom stereocenters. The van der Waals surface area contributed by atoms with Crippen molar-refractivity contribution in [2.24, 2.45) is 0 Å². The molecule has 0 radical (unpaired) electrons. The molecule has 118 valence electrons. The van der Waals surface area contributed by atoms with Crippen molar-refractivity contribution in [3.8, 4) is 0 Å². The van der Waals surface area contributed by atoms with Crippen LogP contribution in [0.4, 0.5) is 5.69 Å². The number of amides is 1. The number of rotatable bonds is 8. The van der Waals surface area contributed by atoms with Crippen LogP contribution in [0.25, 0.3) is 0 Å². The number of carbonyl (C=O) groups is 4. The lowest BCUT2D eigenvalue weighted by Crippen LogP contribution is -2.40. The first-order valence-electron chi connectivity index (χ1n) is 6.07. The lowest BCUT2D eigenvalue weighted by molar-refractivity contribution is -0.142. The highest BCUT2D eigenvalue weighted by molar-refractivity contribution is 6.01. The summed E-state index contributed by atoms with van der Waals surface area (Å²) in [5.74, 6) is -4.50. The summed E-state index contributed by atoms with van der Waals surface area (Å²) in [5.41, 5.74) is -0.0792. The van der Waals surface area contributed by atoms with E-state index in [9.17, 15) is 19.2 Å². The van der Waals surface area contributed by atoms with Gasteiger partial charge in [0.1, 0.15) is 0 Å². The van der Waals surface area contributed by atoms with Crippen molar-refractivity contribution in [1.82, 2.24) is 4.90 Å². The first kappa shape index (κ1) is 17.1. The minimum atomic E-state index is -1.28. The summed E-state index contributed by atoms with van der Waals surface area (Å²) < 4.78 is 0. The van der Waals surface area contributed by atoms with Crippen LogP contribution in [0.1, 0.15) is 10.4 Å². The molecule has 1 aromatic rings. The largest absolute Gasteiger partial charge is 0.480 e. The van der Waals surface area contributed by atoms with Gasteiger partial charge in [0.15, 0.2) is 0 Å². The van der Waals surface area contributed by atoms with Crippen molar-refractivity contribution < 1.29 is 34.5 Å². The van der Waals surface area contributed by atoms with Gasteiger partial charge in [0, 0.05) is 0 Å². The number of carboxylic acid groups (broad SMARTS) is 3. The number of aromatic carboxylic acids is 1. The summed E-state index contributed by atoms with van der Waals surface area (Å²) in [4.78, 5) is 45.0. The summed E-state index contributed by atoms with van der Waals surface area (Å²) in [6.45, 7) is -1.74. The van der Waals surface area contributed by atoms with Crippen molar-refractivity contribution in [3.63, 3.8) is 0 Å². The van der Waals surface area contributed by atoms with Gasteiger partial charge in [-0.05, 0) is 12.1 Å². The molecule has 1 amide bonds. The van der Waals surface area contributed by atoms with E-state index < -0.39 is 43.4 Å². The fourth-order valence-electron chi connectivity index (χ4n) is 1.72. The fourth-order valence-corrected chi connectivity index (χ4v) is 1.72.